The molecule has 0 bridgehead atoms. The van der Waals surface area contributed by atoms with E-state index in [9.17, 15) is 9.59 Å². The summed E-state index contributed by atoms with van der Waals surface area (Å²) in [6, 6.07) is 7.07. The highest BCUT2D eigenvalue weighted by Crippen LogP contribution is 2.27. The zero-order valence-corrected chi connectivity index (χ0v) is 19.1. The van der Waals surface area contributed by atoms with Crippen LogP contribution in [-0.2, 0) is 0 Å². The number of pyridine rings is 1. The van der Waals surface area contributed by atoms with Gasteiger partial charge in [0.2, 0.25) is 0 Å². The Hall–Kier alpha value is -2.12. The molecule has 2 aromatic heterocycles. The Kier molecular flexibility index (Phi) is 7.72. The Morgan fingerprint density at radius 2 is 2.03 bits per heavy atom. The summed E-state index contributed by atoms with van der Waals surface area (Å²) in [6.07, 6.45) is 3.87. The quantitative estimate of drug-likeness (QED) is 0.661. The normalized spacial score (nSPS) is 15.8. The molecule has 1 saturated heterocycles. The van der Waals surface area contributed by atoms with E-state index in [4.69, 9.17) is 16.3 Å². The standard InChI is InChI=1S/C22H28ClN3O3S/c1-14(2)13-17(25-21(27)19-6-7-20(23)30-19)16-8-11-26(12-9-16)22(28)29-18-5-4-10-24-15(18)3/h4-7,10,14,16-17H,8-9,11-13H2,1-3H3,(H,25,27). The Morgan fingerprint density at radius 3 is 2.63 bits per heavy atom. The summed E-state index contributed by atoms with van der Waals surface area (Å²) in [5, 5.41) is 3.21. The van der Waals surface area contributed by atoms with E-state index in [0.29, 0.717) is 45.6 Å². The maximum Gasteiger partial charge on any atom is 0.415 e. The molecular weight excluding hydrogens is 422 g/mol. The fourth-order valence-electron chi connectivity index (χ4n) is 3.77. The fourth-order valence-corrected chi connectivity index (χ4v) is 4.72. The number of nitrogens with zero attached hydrogens (tertiary/aromatic N) is 2. The highest BCUT2D eigenvalue weighted by atomic mass is 35.5. The first-order chi connectivity index (χ1) is 14.3. The number of thiophene rings is 1. The van der Waals surface area contributed by atoms with Crippen LogP contribution < -0.4 is 10.1 Å². The van der Waals surface area contributed by atoms with Crippen molar-refractivity contribution >= 4 is 34.9 Å². The monoisotopic (exact) mass is 449 g/mol. The molecule has 3 heterocycles. The van der Waals surface area contributed by atoms with Gasteiger partial charge in [-0.25, -0.2) is 4.79 Å². The summed E-state index contributed by atoms with van der Waals surface area (Å²) in [6.45, 7) is 7.35. The van der Waals surface area contributed by atoms with E-state index in [1.54, 1.807) is 35.4 Å². The van der Waals surface area contributed by atoms with Crippen LogP contribution in [0.1, 0.15) is 48.5 Å². The van der Waals surface area contributed by atoms with E-state index in [1.807, 2.05) is 6.92 Å². The number of ether oxygens (including phenoxy) is 1. The predicted molar refractivity (Wildman–Crippen MR) is 119 cm³/mol. The number of aryl methyl sites for hydroxylation is 1. The second kappa shape index (κ2) is 10.3. The van der Waals surface area contributed by atoms with Crippen LogP contribution in [0.2, 0.25) is 4.34 Å². The molecule has 162 valence electrons. The topological polar surface area (TPSA) is 71.5 Å². The second-order valence-electron chi connectivity index (χ2n) is 8.09. The minimum Gasteiger partial charge on any atom is -0.408 e. The molecule has 30 heavy (non-hydrogen) atoms. The smallest absolute Gasteiger partial charge is 0.408 e. The number of nitrogens with one attached hydrogen (secondary N) is 1. The molecule has 1 N–H and O–H groups in total. The lowest BCUT2D eigenvalue weighted by atomic mass is 9.85. The molecule has 0 aliphatic carbocycles. The molecule has 2 aromatic rings. The Morgan fingerprint density at radius 1 is 1.30 bits per heavy atom. The van der Waals surface area contributed by atoms with Crippen LogP contribution in [0.4, 0.5) is 4.79 Å². The number of carbonyl (C=O) groups excluding carboxylic acids is 2. The Labute approximate surface area is 186 Å². The number of likely N-dealkylation sites (tertiary alicyclic amines) is 1. The van der Waals surface area contributed by atoms with Crippen LogP contribution in [-0.4, -0.2) is 41.0 Å². The van der Waals surface area contributed by atoms with Gasteiger partial charge in [-0.1, -0.05) is 25.4 Å². The van der Waals surface area contributed by atoms with Gasteiger partial charge in [0.05, 0.1) is 14.9 Å². The van der Waals surface area contributed by atoms with Gasteiger partial charge < -0.3 is 15.0 Å². The molecule has 1 unspecified atom stereocenters. The highest BCUT2D eigenvalue weighted by Gasteiger charge is 2.31. The van der Waals surface area contributed by atoms with E-state index in [-0.39, 0.29) is 18.0 Å². The summed E-state index contributed by atoms with van der Waals surface area (Å²) in [7, 11) is 0. The second-order valence-corrected chi connectivity index (χ2v) is 9.81. The third-order valence-corrected chi connectivity index (χ3v) is 6.59. The first kappa shape index (κ1) is 22.6. The van der Waals surface area contributed by atoms with Crippen LogP contribution in [0, 0.1) is 18.8 Å². The Balaban J connectivity index is 1.57. The van der Waals surface area contributed by atoms with Gasteiger partial charge in [-0.15, -0.1) is 11.3 Å². The van der Waals surface area contributed by atoms with Crippen molar-refractivity contribution in [3.05, 3.63) is 45.4 Å². The van der Waals surface area contributed by atoms with Crippen LogP contribution in [0.25, 0.3) is 0 Å². The molecule has 1 atom stereocenters. The lowest BCUT2D eigenvalue weighted by Gasteiger charge is -2.36. The number of carbonyl (C=O) groups is 2. The lowest BCUT2D eigenvalue weighted by Crippen LogP contribution is -2.47. The average Bonchev–Trinajstić information content (AvgIpc) is 3.15. The van der Waals surface area contributed by atoms with Crippen LogP contribution in [0.5, 0.6) is 5.75 Å². The summed E-state index contributed by atoms with van der Waals surface area (Å²) >= 11 is 7.26. The maximum atomic E-state index is 12.7. The lowest BCUT2D eigenvalue weighted by molar-refractivity contribution is 0.0875. The number of hydrogen-bond donors (Lipinski definition) is 1. The van der Waals surface area contributed by atoms with Crippen molar-refractivity contribution < 1.29 is 14.3 Å². The predicted octanol–water partition coefficient (Wildman–Crippen LogP) is 5.16. The SMILES string of the molecule is Cc1ncccc1OC(=O)N1CCC(C(CC(C)C)NC(=O)c2ccc(Cl)s2)CC1. The number of halogens is 1. The van der Waals surface area contributed by atoms with E-state index < -0.39 is 0 Å². The molecule has 1 aliphatic rings. The number of amides is 2. The molecule has 0 radical (unpaired) electrons. The number of piperidine rings is 1. The molecule has 8 heteroatoms. The van der Waals surface area contributed by atoms with Gasteiger partial charge in [0.15, 0.2) is 5.75 Å². The van der Waals surface area contributed by atoms with Crippen molar-refractivity contribution in [3.63, 3.8) is 0 Å². The number of aromatic nitrogens is 1. The largest absolute Gasteiger partial charge is 0.415 e. The molecule has 2 amide bonds. The van der Waals surface area contributed by atoms with Crippen molar-refractivity contribution in [3.8, 4) is 5.75 Å². The maximum absolute atomic E-state index is 12.7. The highest BCUT2D eigenvalue weighted by molar-refractivity contribution is 7.18. The van der Waals surface area contributed by atoms with E-state index in [0.717, 1.165) is 19.3 Å². The molecular formula is C22H28ClN3O3S. The van der Waals surface area contributed by atoms with Crippen molar-refractivity contribution in [2.45, 2.75) is 46.1 Å². The molecule has 1 aliphatic heterocycles. The van der Waals surface area contributed by atoms with Gasteiger partial charge >= 0.3 is 6.09 Å². The van der Waals surface area contributed by atoms with Gasteiger partial charge in [-0.2, -0.15) is 0 Å². The van der Waals surface area contributed by atoms with Crippen LogP contribution >= 0.6 is 22.9 Å². The minimum absolute atomic E-state index is 0.0668. The fraction of sp³-hybridized carbons (Fsp3) is 0.500. The third-order valence-electron chi connectivity index (χ3n) is 5.36. The molecule has 6 nitrogen and oxygen atoms in total. The van der Waals surface area contributed by atoms with Gasteiger partial charge in [0.1, 0.15) is 0 Å². The zero-order chi connectivity index (χ0) is 21.7. The average molecular weight is 450 g/mol. The van der Waals surface area contributed by atoms with Crippen molar-refractivity contribution in [2.24, 2.45) is 11.8 Å². The van der Waals surface area contributed by atoms with E-state index in [2.05, 4.69) is 24.1 Å². The molecule has 1 fully saturated rings. The summed E-state index contributed by atoms with van der Waals surface area (Å²) < 4.78 is 6.12. The summed E-state index contributed by atoms with van der Waals surface area (Å²) in [5.41, 5.74) is 0.689. The summed E-state index contributed by atoms with van der Waals surface area (Å²) in [4.78, 5) is 31.7. The van der Waals surface area contributed by atoms with Crippen molar-refractivity contribution in [2.75, 3.05) is 13.1 Å². The molecule has 3 rings (SSSR count). The van der Waals surface area contributed by atoms with Gasteiger partial charge in [-0.3, -0.25) is 9.78 Å². The van der Waals surface area contributed by atoms with Gasteiger partial charge in [0.25, 0.3) is 5.91 Å². The first-order valence-electron chi connectivity index (χ1n) is 10.3. The van der Waals surface area contributed by atoms with E-state index in [1.165, 1.54) is 11.3 Å². The number of hydrogen-bond acceptors (Lipinski definition) is 5. The number of rotatable bonds is 6. The van der Waals surface area contributed by atoms with Crippen molar-refractivity contribution in [1.82, 2.24) is 15.2 Å². The molecule has 0 aromatic carbocycles. The van der Waals surface area contributed by atoms with Gasteiger partial charge in [-0.05, 0) is 62.3 Å². The van der Waals surface area contributed by atoms with Crippen molar-refractivity contribution in [1.29, 1.82) is 0 Å². The van der Waals surface area contributed by atoms with Gasteiger partial charge in [0, 0.05) is 25.3 Å². The van der Waals surface area contributed by atoms with E-state index >= 15 is 0 Å². The summed E-state index contributed by atoms with van der Waals surface area (Å²) in [5.74, 6) is 1.19. The van der Waals surface area contributed by atoms with Crippen LogP contribution in [0.3, 0.4) is 0 Å². The van der Waals surface area contributed by atoms with Crippen LogP contribution in [0.15, 0.2) is 30.5 Å². The third kappa shape index (κ3) is 5.95. The minimum atomic E-state index is -0.345. The zero-order valence-electron chi connectivity index (χ0n) is 17.6. The Bertz CT molecular complexity index is 878. The first-order valence-corrected chi connectivity index (χ1v) is 11.5. The molecule has 0 saturated carbocycles. The molecule has 0 spiro atoms.